The highest BCUT2D eigenvalue weighted by Gasteiger charge is 2.27. The van der Waals surface area contributed by atoms with Gasteiger partial charge in [0.05, 0.1) is 22.1 Å². The molecule has 0 saturated carbocycles. The van der Waals surface area contributed by atoms with Crippen LogP contribution in [-0.4, -0.2) is 48.6 Å². The largest absolute Gasteiger partial charge is 0.481 e. The maximum Gasteiger partial charge on any atom is 0.305 e. The predicted molar refractivity (Wildman–Crippen MR) is 82.6 cm³/mol. The molecule has 1 N–H and O–H groups in total. The first kappa shape index (κ1) is 18.2. The Morgan fingerprint density at radius 2 is 1.82 bits per heavy atom. The summed E-state index contributed by atoms with van der Waals surface area (Å²) < 4.78 is 24.7. The van der Waals surface area contributed by atoms with Crippen LogP contribution in [0.3, 0.4) is 0 Å². The second kappa shape index (κ2) is 7.40. The van der Waals surface area contributed by atoms with Crippen LogP contribution in [0.15, 0.2) is 29.2 Å². The predicted octanol–water partition coefficient (Wildman–Crippen LogP) is 1.81. The van der Waals surface area contributed by atoms with Crippen LogP contribution < -0.4 is 0 Å². The quantitative estimate of drug-likeness (QED) is 0.824. The maximum absolute atomic E-state index is 12.5. The Morgan fingerprint density at radius 1 is 1.23 bits per heavy atom. The highest BCUT2D eigenvalue weighted by molar-refractivity contribution is 7.92. The van der Waals surface area contributed by atoms with E-state index in [1.54, 1.807) is 32.9 Å². The fourth-order valence-electron chi connectivity index (χ4n) is 1.95. The number of sulfone groups is 1. The molecule has 122 valence electrons. The molecule has 0 saturated heterocycles. The van der Waals surface area contributed by atoms with Crippen molar-refractivity contribution in [2.45, 2.75) is 37.3 Å². The molecule has 0 heterocycles. The summed E-state index contributed by atoms with van der Waals surface area (Å²) in [4.78, 5) is 24.5. The van der Waals surface area contributed by atoms with E-state index in [0.717, 1.165) is 0 Å². The highest BCUT2D eigenvalue weighted by Crippen LogP contribution is 2.22. The van der Waals surface area contributed by atoms with Crippen molar-refractivity contribution < 1.29 is 23.1 Å². The van der Waals surface area contributed by atoms with Crippen molar-refractivity contribution in [2.24, 2.45) is 0 Å². The number of amides is 1. The molecule has 7 heteroatoms. The standard InChI is InChI=1S/C15H21NO5S/c1-4-16(10-9-14(17)18)15(19)12-7-5-6-8-13(12)22(20,21)11(2)3/h5-8,11H,4,9-10H2,1-3H3,(H,17,18). The molecule has 1 rings (SSSR count). The van der Waals surface area contributed by atoms with Crippen molar-refractivity contribution >= 4 is 21.7 Å². The smallest absolute Gasteiger partial charge is 0.305 e. The molecule has 1 aromatic rings. The van der Waals surface area contributed by atoms with Crippen molar-refractivity contribution in [3.05, 3.63) is 29.8 Å². The van der Waals surface area contributed by atoms with E-state index in [4.69, 9.17) is 5.11 Å². The van der Waals surface area contributed by atoms with Crippen molar-refractivity contribution in [1.29, 1.82) is 0 Å². The Hall–Kier alpha value is -1.89. The Balaban J connectivity index is 3.21. The van der Waals surface area contributed by atoms with E-state index in [9.17, 15) is 18.0 Å². The van der Waals surface area contributed by atoms with Gasteiger partial charge in [-0.2, -0.15) is 0 Å². The fourth-order valence-corrected chi connectivity index (χ4v) is 3.19. The minimum absolute atomic E-state index is 0.0104. The maximum atomic E-state index is 12.5. The van der Waals surface area contributed by atoms with Crippen molar-refractivity contribution in [1.82, 2.24) is 4.90 Å². The Labute approximate surface area is 130 Å². The van der Waals surface area contributed by atoms with Gasteiger partial charge in [-0.25, -0.2) is 8.42 Å². The van der Waals surface area contributed by atoms with Gasteiger partial charge in [-0.1, -0.05) is 12.1 Å². The number of carboxylic acids is 1. The monoisotopic (exact) mass is 327 g/mol. The molecule has 1 amide bonds. The molecular weight excluding hydrogens is 306 g/mol. The minimum atomic E-state index is -3.59. The molecule has 0 atom stereocenters. The zero-order valence-corrected chi connectivity index (χ0v) is 13.8. The van der Waals surface area contributed by atoms with Crippen LogP contribution in [0, 0.1) is 0 Å². The lowest BCUT2D eigenvalue weighted by atomic mass is 10.2. The second-order valence-corrected chi connectivity index (χ2v) is 7.59. The Kier molecular flexibility index (Phi) is 6.11. The van der Waals surface area contributed by atoms with Gasteiger partial charge in [-0.15, -0.1) is 0 Å². The first-order chi connectivity index (χ1) is 10.2. The van der Waals surface area contributed by atoms with Crippen molar-refractivity contribution in [3.8, 4) is 0 Å². The van der Waals surface area contributed by atoms with Crippen LogP contribution in [0.1, 0.15) is 37.6 Å². The third-order valence-corrected chi connectivity index (χ3v) is 5.52. The lowest BCUT2D eigenvalue weighted by Gasteiger charge is -2.22. The molecule has 6 nitrogen and oxygen atoms in total. The van der Waals surface area contributed by atoms with E-state index in [1.165, 1.54) is 17.0 Å². The molecular formula is C15H21NO5S. The second-order valence-electron chi connectivity index (χ2n) is 5.12. The van der Waals surface area contributed by atoms with Gasteiger partial charge < -0.3 is 10.0 Å². The van der Waals surface area contributed by atoms with E-state index < -0.39 is 27.0 Å². The third-order valence-electron chi connectivity index (χ3n) is 3.31. The summed E-state index contributed by atoms with van der Waals surface area (Å²) in [5.41, 5.74) is 0.0865. The zero-order valence-electron chi connectivity index (χ0n) is 12.9. The van der Waals surface area contributed by atoms with Crippen LogP contribution in [0.2, 0.25) is 0 Å². The zero-order chi connectivity index (χ0) is 16.9. The number of carboxylic acid groups (broad SMARTS) is 1. The SMILES string of the molecule is CCN(CCC(=O)O)C(=O)c1ccccc1S(=O)(=O)C(C)C. The lowest BCUT2D eigenvalue weighted by Crippen LogP contribution is -2.34. The Bertz CT molecular complexity index is 652. The summed E-state index contributed by atoms with van der Waals surface area (Å²) in [6.45, 7) is 5.18. The van der Waals surface area contributed by atoms with Crippen LogP contribution >= 0.6 is 0 Å². The molecule has 0 spiro atoms. The molecule has 0 aromatic heterocycles. The van der Waals surface area contributed by atoms with Crippen molar-refractivity contribution in [2.75, 3.05) is 13.1 Å². The average molecular weight is 327 g/mol. The summed E-state index contributed by atoms with van der Waals surface area (Å²) in [5, 5.41) is 8.09. The molecule has 22 heavy (non-hydrogen) atoms. The van der Waals surface area contributed by atoms with E-state index in [1.807, 2.05) is 0 Å². The molecule has 0 aliphatic rings. The number of carbonyl (C=O) groups excluding carboxylic acids is 1. The third kappa shape index (κ3) is 4.07. The van der Waals surface area contributed by atoms with Gasteiger partial charge in [-0.3, -0.25) is 9.59 Å². The summed E-state index contributed by atoms with van der Waals surface area (Å²) in [6, 6.07) is 6.03. The first-order valence-electron chi connectivity index (χ1n) is 7.05. The number of nitrogens with zero attached hydrogens (tertiary/aromatic N) is 1. The Morgan fingerprint density at radius 3 is 2.32 bits per heavy atom. The van der Waals surface area contributed by atoms with Gasteiger partial charge in [0, 0.05) is 13.1 Å². The molecule has 1 aromatic carbocycles. The van der Waals surface area contributed by atoms with Gasteiger partial charge in [-0.05, 0) is 32.9 Å². The van der Waals surface area contributed by atoms with E-state index in [2.05, 4.69) is 0 Å². The summed E-state index contributed by atoms with van der Waals surface area (Å²) >= 11 is 0. The van der Waals surface area contributed by atoms with E-state index >= 15 is 0 Å². The van der Waals surface area contributed by atoms with Crippen LogP contribution in [-0.2, 0) is 14.6 Å². The normalized spacial score (nSPS) is 11.5. The van der Waals surface area contributed by atoms with E-state index in [-0.39, 0.29) is 23.4 Å². The molecule has 0 fully saturated rings. The van der Waals surface area contributed by atoms with Crippen LogP contribution in [0.4, 0.5) is 0 Å². The van der Waals surface area contributed by atoms with Crippen molar-refractivity contribution in [3.63, 3.8) is 0 Å². The number of hydrogen-bond acceptors (Lipinski definition) is 4. The minimum Gasteiger partial charge on any atom is -0.481 e. The van der Waals surface area contributed by atoms with Gasteiger partial charge in [0.2, 0.25) is 0 Å². The average Bonchev–Trinajstić information content (AvgIpc) is 2.47. The number of benzene rings is 1. The number of hydrogen-bond donors (Lipinski definition) is 1. The first-order valence-corrected chi connectivity index (χ1v) is 8.60. The van der Waals surface area contributed by atoms with Gasteiger partial charge in [0.1, 0.15) is 0 Å². The van der Waals surface area contributed by atoms with Gasteiger partial charge >= 0.3 is 5.97 Å². The summed E-state index contributed by atoms with van der Waals surface area (Å²) in [5.74, 6) is -1.47. The van der Waals surface area contributed by atoms with Gasteiger partial charge in [0.25, 0.3) is 5.91 Å². The summed E-state index contributed by atoms with van der Waals surface area (Å²) in [6.07, 6.45) is -0.182. The molecule has 0 aliphatic heterocycles. The molecule has 0 bridgehead atoms. The molecule has 0 aliphatic carbocycles. The van der Waals surface area contributed by atoms with Gasteiger partial charge in [0.15, 0.2) is 9.84 Å². The molecule has 0 radical (unpaired) electrons. The highest BCUT2D eigenvalue weighted by atomic mass is 32.2. The fraction of sp³-hybridized carbons (Fsp3) is 0.467. The van der Waals surface area contributed by atoms with E-state index in [0.29, 0.717) is 6.54 Å². The number of rotatable bonds is 7. The number of carbonyl (C=O) groups is 2. The molecule has 0 unspecified atom stereocenters. The number of aliphatic carboxylic acids is 1. The lowest BCUT2D eigenvalue weighted by molar-refractivity contribution is -0.137. The summed E-state index contributed by atoms with van der Waals surface area (Å²) in [7, 11) is -3.59. The van der Waals surface area contributed by atoms with Crippen LogP contribution in [0.5, 0.6) is 0 Å². The van der Waals surface area contributed by atoms with Crippen LogP contribution in [0.25, 0.3) is 0 Å². The topological polar surface area (TPSA) is 91.8 Å².